The van der Waals surface area contributed by atoms with Crippen LogP contribution in [0.15, 0.2) is 94.9 Å². The average molecular weight is 584 g/mol. The van der Waals surface area contributed by atoms with Crippen LogP contribution in [-0.4, -0.2) is 35.7 Å². The van der Waals surface area contributed by atoms with E-state index in [9.17, 15) is 4.79 Å². The van der Waals surface area contributed by atoms with Gasteiger partial charge in [-0.15, -0.1) is 6.58 Å². The second-order valence-electron chi connectivity index (χ2n) is 8.62. The van der Waals surface area contributed by atoms with E-state index in [1.165, 1.54) is 0 Å². The van der Waals surface area contributed by atoms with Crippen molar-refractivity contribution in [1.29, 1.82) is 0 Å². The number of hydrogen-bond donors (Lipinski definition) is 2. The number of benzene rings is 3. The van der Waals surface area contributed by atoms with Crippen molar-refractivity contribution in [1.82, 2.24) is 5.32 Å². The molecule has 37 heavy (non-hydrogen) atoms. The SMILES string of the molecule is C=CC[C@@]1(C(=O)NCc2cccc(Cl)c2)N=C(c2ccc(OCCCO)cc2)O[C@@H]1c1ccccc1Br. The van der Waals surface area contributed by atoms with E-state index in [-0.39, 0.29) is 18.9 Å². The summed E-state index contributed by atoms with van der Waals surface area (Å²) in [4.78, 5) is 18.8. The molecule has 0 aliphatic carbocycles. The fraction of sp³-hybridized carbons (Fsp3) is 0.241. The Hall–Kier alpha value is -3.13. The Morgan fingerprint density at radius 2 is 1.97 bits per heavy atom. The van der Waals surface area contributed by atoms with Crippen molar-refractivity contribution in [2.45, 2.75) is 31.0 Å². The first-order valence-electron chi connectivity index (χ1n) is 12.0. The summed E-state index contributed by atoms with van der Waals surface area (Å²) in [5, 5.41) is 12.6. The summed E-state index contributed by atoms with van der Waals surface area (Å²) in [6.07, 6.45) is 1.83. The van der Waals surface area contributed by atoms with Crippen molar-refractivity contribution in [3.8, 4) is 5.75 Å². The first-order chi connectivity index (χ1) is 18.0. The van der Waals surface area contributed by atoms with Gasteiger partial charge in [0.15, 0.2) is 11.6 Å². The third-order valence-electron chi connectivity index (χ3n) is 6.02. The molecule has 2 N–H and O–H groups in total. The third kappa shape index (κ3) is 6.24. The van der Waals surface area contributed by atoms with E-state index in [2.05, 4.69) is 27.8 Å². The van der Waals surface area contributed by atoms with E-state index in [0.29, 0.717) is 36.2 Å². The lowest BCUT2D eigenvalue weighted by Gasteiger charge is -2.30. The number of carbonyl (C=O) groups is 1. The molecule has 0 aromatic heterocycles. The molecule has 0 saturated heterocycles. The molecule has 0 saturated carbocycles. The highest BCUT2D eigenvalue weighted by Gasteiger charge is 2.52. The molecule has 0 unspecified atom stereocenters. The van der Waals surface area contributed by atoms with Gasteiger partial charge in [-0.25, -0.2) is 4.99 Å². The number of nitrogens with one attached hydrogen (secondary N) is 1. The lowest BCUT2D eigenvalue weighted by atomic mass is 9.84. The highest BCUT2D eigenvalue weighted by molar-refractivity contribution is 9.10. The van der Waals surface area contributed by atoms with Crippen molar-refractivity contribution >= 4 is 39.3 Å². The minimum absolute atomic E-state index is 0.0733. The number of aliphatic hydroxyl groups excluding tert-OH is 1. The van der Waals surface area contributed by atoms with Crippen molar-refractivity contribution in [3.63, 3.8) is 0 Å². The molecule has 3 aromatic carbocycles. The van der Waals surface area contributed by atoms with Gasteiger partial charge in [0, 0.05) is 46.6 Å². The van der Waals surface area contributed by atoms with Crippen LogP contribution in [0, 0.1) is 0 Å². The summed E-state index contributed by atoms with van der Waals surface area (Å²) >= 11 is 9.75. The predicted molar refractivity (Wildman–Crippen MR) is 149 cm³/mol. The zero-order chi connectivity index (χ0) is 26.3. The Kier molecular flexibility index (Phi) is 9.03. The van der Waals surface area contributed by atoms with Crippen molar-refractivity contribution in [2.24, 2.45) is 4.99 Å². The van der Waals surface area contributed by atoms with Crippen LogP contribution in [0.3, 0.4) is 0 Å². The molecule has 1 aliphatic rings. The number of ether oxygens (including phenoxy) is 2. The largest absolute Gasteiger partial charge is 0.494 e. The summed E-state index contributed by atoms with van der Waals surface area (Å²) in [5.74, 6) is 0.768. The van der Waals surface area contributed by atoms with Gasteiger partial charge in [-0.2, -0.15) is 0 Å². The van der Waals surface area contributed by atoms with Crippen LogP contribution in [0.4, 0.5) is 0 Å². The van der Waals surface area contributed by atoms with Gasteiger partial charge < -0.3 is 19.9 Å². The highest BCUT2D eigenvalue weighted by atomic mass is 79.9. The van der Waals surface area contributed by atoms with Crippen LogP contribution in [0.5, 0.6) is 5.75 Å². The van der Waals surface area contributed by atoms with E-state index in [4.69, 9.17) is 31.2 Å². The molecule has 0 bridgehead atoms. The van der Waals surface area contributed by atoms with Gasteiger partial charge in [-0.05, 0) is 48.0 Å². The van der Waals surface area contributed by atoms with Crippen LogP contribution in [0.25, 0.3) is 0 Å². The molecule has 3 aromatic rings. The molecule has 0 radical (unpaired) electrons. The third-order valence-corrected chi connectivity index (χ3v) is 6.97. The van der Waals surface area contributed by atoms with Crippen LogP contribution < -0.4 is 10.1 Å². The first-order valence-corrected chi connectivity index (χ1v) is 13.1. The lowest BCUT2D eigenvalue weighted by Crippen LogP contribution is -2.47. The molecule has 8 heteroatoms. The predicted octanol–water partition coefficient (Wildman–Crippen LogP) is 6.01. The molecule has 2 atom stereocenters. The quantitative estimate of drug-likeness (QED) is 0.214. The van der Waals surface area contributed by atoms with Gasteiger partial charge in [0.1, 0.15) is 5.75 Å². The molecular weight excluding hydrogens is 556 g/mol. The fourth-order valence-electron chi connectivity index (χ4n) is 4.18. The van der Waals surface area contributed by atoms with E-state index in [1.54, 1.807) is 12.1 Å². The van der Waals surface area contributed by atoms with E-state index in [0.717, 1.165) is 21.2 Å². The molecular formula is C29H28BrClN2O4. The molecule has 1 aliphatic heterocycles. The zero-order valence-electron chi connectivity index (χ0n) is 20.2. The van der Waals surface area contributed by atoms with E-state index >= 15 is 0 Å². The van der Waals surface area contributed by atoms with Gasteiger partial charge in [0.05, 0.1) is 6.61 Å². The molecule has 6 nitrogen and oxygen atoms in total. The highest BCUT2D eigenvalue weighted by Crippen LogP contribution is 2.44. The molecule has 0 spiro atoms. The van der Waals surface area contributed by atoms with E-state index < -0.39 is 11.6 Å². The number of aliphatic imine (C=N–C) groups is 1. The van der Waals surface area contributed by atoms with Crippen molar-refractivity contribution < 1.29 is 19.4 Å². The standard InChI is InChI=1S/C29H28BrClN2O4/c1-2-15-29(28(35)32-19-20-7-5-8-22(31)18-20)26(24-9-3-4-10-25(24)30)37-27(33-29)21-11-13-23(14-12-21)36-17-6-16-34/h2-5,7-14,18,26,34H,1,6,15-17,19H2,(H,32,35)/t26-,29-/m1/s1. The van der Waals surface area contributed by atoms with Crippen LogP contribution >= 0.6 is 27.5 Å². The Labute approximate surface area is 230 Å². The maximum Gasteiger partial charge on any atom is 0.252 e. The second-order valence-corrected chi connectivity index (χ2v) is 9.91. The summed E-state index contributed by atoms with van der Waals surface area (Å²) in [7, 11) is 0. The number of nitrogens with zero attached hydrogens (tertiary/aromatic N) is 1. The van der Waals surface area contributed by atoms with Gasteiger partial charge in [0.25, 0.3) is 5.91 Å². The molecule has 192 valence electrons. The smallest absolute Gasteiger partial charge is 0.252 e. The summed E-state index contributed by atoms with van der Waals surface area (Å²) < 4.78 is 12.9. The number of carbonyl (C=O) groups excluding carboxylic acids is 1. The number of hydrogen-bond acceptors (Lipinski definition) is 5. The van der Waals surface area contributed by atoms with Gasteiger partial charge >= 0.3 is 0 Å². The van der Waals surface area contributed by atoms with Crippen LogP contribution in [0.2, 0.25) is 5.02 Å². The molecule has 1 heterocycles. The Morgan fingerprint density at radius 1 is 1.19 bits per heavy atom. The Morgan fingerprint density at radius 3 is 2.68 bits per heavy atom. The fourth-order valence-corrected chi connectivity index (χ4v) is 4.89. The first kappa shape index (κ1) is 26.9. The normalized spacial score (nSPS) is 18.6. The number of aliphatic hydroxyl groups is 1. The molecule has 4 rings (SSSR count). The van der Waals surface area contributed by atoms with Crippen LogP contribution in [0.1, 0.15) is 35.6 Å². The Bertz CT molecular complexity index is 1280. The van der Waals surface area contributed by atoms with Gasteiger partial charge in [-0.1, -0.05) is 63.9 Å². The van der Waals surface area contributed by atoms with Gasteiger partial charge in [-0.3, -0.25) is 4.79 Å². The Balaban J connectivity index is 1.68. The number of halogens is 2. The van der Waals surface area contributed by atoms with Gasteiger partial charge in [0.2, 0.25) is 5.90 Å². The maximum atomic E-state index is 13.9. The topological polar surface area (TPSA) is 80.2 Å². The minimum atomic E-state index is -1.27. The monoisotopic (exact) mass is 582 g/mol. The molecule has 0 fully saturated rings. The summed E-state index contributed by atoms with van der Waals surface area (Å²) in [5.41, 5.74) is 1.15. The minimum Gasteiger partial charge on any atom is -0.494 e. The van der Waals surface area contributed by atoms with Crippen LogP contribution in [-0.2, 0) is 16.1 Å². The molecule has 1 amide bonds. The van der Waals surface area contributed by atoms with E-state index in [1.807, 2.05) is 66.7 Å². The number of rotatable bonds is 11. The number of amides is 1. The average Bonchev–Trinajstić information content (AvgIpc) is 3.28. The zero-order valence-corrected chi connectivity index (χ0v) is 22.5. The maximum absolute atomic E-state index is 13.9. The second kappa shape index (κ2) is 12.4. The van der Waals surface area contributed by atoms with Crippen molar-refractivity contribution in [2.75, 3.05) is 13.2 Å². The summed E-state index contributed by atoms with van der Waals surface area (Å²) in [6.45, 7) is 4.70. The van der Waals surface area contributed by atoms with Crippen molar-refractivity contribution in [3.05, 3.63) is 112 Å². The summed E-state index contributed by atoms with van der Waals surface area (Å²) in [6, 6.07) is 22.3. The lowest BCUT2D eigenvalue weighted by molar-refractivity contribution is -0.129.